The molecule has 0 aromatic heterocycles. The molecule has 0 aliphatic heterocycles. The van der Waals surface area contributed by atoms with Gasteiger partial charge in [-0.25, -0.2) is 0 Å². The standard InChI is InChI=1S/C23H23.C3H6.2ClH.Zr/c1-15-13-16(23(2,3)4)14-21(15)22-19-11-7-5-9-17(19)18-10-6-8-12-20(18)22;1-3-2;;;/h5-11,13,22H,14H2,1-4H3;1-2H3;2*1H;/q;;;;+2/p-2. The van der Waals surface area contributed by atoms with Crippen molar-refractivity contribution < 1.29 is 47.6 Å². The van der Waals surface area contributed by atoms with Gasteiger partial charge in [-0.15, -0.1) is 0 Å². The van der Waals surface area contributed by atoms with Crippen LogP contribution in [0.4, 0.5) is 0 Å². The molecule has 1 atom stereocenters. The zero-order valence-electron chi connectivity index (χ0n) is 18.2. The maximum Gasteiger partial charge on any atom is -1.00 e. The minimum absolute atomic E-state index is 0. The zero-order chi connectivity index (χ0) is 19.3. The van der Waals surface area contributed by atoms with Crippen LogP contribution in [-0.2, 0) is 22.8 Å². The second-order valence-corrected chi connectivity index (χ2v) is 13.6. The van der Waals surface area contributed by atoms with Crippen LogP contribution < -0.4 is 28.1 Å². The summed E-state index contributed by atoms with van der Waals surface area (Å²) in [6, 6.07) is 16.2. The minimum atomic E-state index is -0.670. The van der Waals surface area contributed by atoms with Crippen LogP contribution in [0.5, 0.6) is 0 Å². The van der Waals surface area contributed by atoms with Gasteiger partial charge in [0.1, 0.15) is 0 Å². The summed E-state index contributed by atoms with van der Waals surface area (Å²) in [4.78, 5) is 0. The van der Waals surface area contributed by atoms with Gasteiger partial charge < -0.3 is 24.8 Å². The molecule has 0 saturated heterocycles. The molecule has 0 nitrogen and oxygen atoms in total. The summed E-state index contributed by atoms with van der Waals surface area (Å²) in [6.07, 6.45) is 3.59. The van der Waals surface area contributed by atoms with Crippen LogP contribution in [0.3, 0.4) is 0 Å². The molecule has 0 amide bonds. The molecule has 2 aromatic rings. The van der Waals surface area contributed by atoms with Crippen molar-refractivity contribution in [2.75, 3.05) is 0 Å². The number of rotatable bonds is 2. The van der Waals surface area contributed by atoms with Gasteiger partial charge in [-0.05, 0) is 0 Å². The molecule has 151 valence electrons. The van der Waals surface area contributed by atoms with E-state index in [4.69, 9.17) is 0 Å². The van der Waals surface area contributed by atoms with Crippen molar-refractivity contribution in [3.05, 3.63) is 76.4 Å². The van der Waals surface area contributed by atoms with Crippen LogP contribution in [0.2, 0.25) is 0 Å². The molecule has 2 aliphatic rings. The van der Waals surface area contributed by atoms with Crippen molar-refractivity contribution in [1.29, 1.82) is 0 Å². The average Bonchev–Trinajstić information content (AvgIpc) is 3.13. The van der Waals surface area contributed by atoms with Gasteiger partial charge in [-0.1, -0.05) is 0 Å². The summed E-state index contributed by atoms with van der Waals surface area (Å²) in [6.45, 7) is 14.0. The van der Waals surface area contributed by atoms with Gasteiger partial charge in [-0.3, -0.25) is 0 Å². The largest absolute Gasteiger partial charge is 1.00 e. The van der Waals surface area contributed by atoms with Gasteiger partial charge in [0.2, 0.25) is 0 Å². The minimum Gasteiger partial charge on any atom is -1.00 e. The number of hydrogen-bond acceptors (Lipinski definition) is 0. The van der Waals surface area contributed by atoms with Crippen LogP contribution in [0.15, 0.2) is 65.3 Å². The van der Waals surface area contributed by atoms with E-state index < -0.39 is 22.8 Å². The SMILES string of the molecule is C[C](C)=[Zr+2][c]1cccc2c1C(C1=C(C)C=C(C(C)(C)C)C1)c1ccccc1-2.[Cl-].[Cl-]. The van der Waals surface area contributed by atoms with Crippen LogP contribution in [-0.4, -0.2) is 3.21 Å². The smallest absolute Gasteiger partial charge is 1.00 e. The summed E-state index contributed by atoms with van der Waals surface area (Å²) in [5.74, 6) is 0.448. The first-order valence-electron chi connectivity index (χ1n) is 9.97. The predicted octanol–water partition coefficient (Wildman–Crippen LogP) is 0.420. The molecule has 1 unspecified atom stereocenters. The fourth-order valence-corrected chi connectivity index (χ4v) is 7.34. The Morgan fingerprint density at radius 3 is 2.21 bits per heavy atom. The van der Waals surface area contributed by atoms with Crippen molar-refractivity contribution >= 4 is 6.48 Å². The summed E-state index contributed by atoms with van der Waals surface area (Å²) >= 11 is -0.670. The van der Waals surface area contributed by atoms with Gasteiger partial charge in [0.15, 0.2) is 0 Å². The van der Waals surface area contributed by atoms with E-state index in [-0.39, 0.29) is 30.2 Å². The Bertz CT molecular complexity index is 1020. The molecule has 0 saturated carbocycles. The molecule has 3 heteroatoms. The van der Waals surface area contributed by atoms with E-state index in [9.17, 15) is 0 Å². The Morgan fingerprint density at radius 1 is 0.931 bits per heavy atom. The average molecular weight is 504 g/mol. The quantitative estimate of drug-likeness (QED) is 0.558. The summed E-state index contributed by atoms with van der Waals surface area (Å²) in [5.41, 5.74) is 11.0. The third kappa shape index (κ3) is 4.48. The van der Waals surface area contributed by atoms with Crippen molar-refractivity contribution in [2.45, 2.75) is 53.9 Å². The van der Waals surface area contributed by atoms with Crippen LogP contribution in [0.25, 0.3) is 11.1 Å². The van der Waals surface area contributed by atoms with E-state index in [0.29, 0.717) is 5.92 Å². The van der Waals surface area contributed by atoms with Gasteiger partial charge in [0, 0.05) is 0 Å². The molecular weight excluding hydrogens is 474 g/mol. The Balaban J connectivity index is 0.00000150. The molecule has 4 rings (SSSR count). The third-order valence-corrected chi connectivity index (χ3v) is 8.89. The number of allylic oxidation sites excluding steroid dienone is 4. The van der Waals surface area contributed by atoms with E-state index in [1.165, 1.54) is 22.3 Å². The maximum atomic E-state index is 2.47. The molecule has 0 bridgehead atoms. The topological polar surface area (TPSA) is 0 Å². The summed E-state index contributed by atoms with van der Waals surface area (Å²) in [5, 5.41) is 0. The number of hydrogen-bond donors (Lipinski definition) is 0. The number of halogens is 2. The first kappa shape index (κ1) is 24.5. The van der Waals surface area contributed by atoms with E-state index in [1.807, 2.05) is 0 Å². The van der Waals surface area contributed by atoms with Crippen molar-refractivity contribution in [2.24, 2.45) is 5.41 Å². The van der Waals surface area contributed by atoms with E-state index in [1.54, 1.807) is 23.2 Å². The normalized spacial score (nSPS) is 16.9. The number of fused-ring (bicyclic) bond motifs is 3. The van der Waals surface area contributed by atoms with E-state index in [2.05, 4.69) is 90.1 Å². The molecule has 0 N–H and O–H groups in total. The Morgan fingerprint density at radius 2 is 1.59 bits per heavy atom. The molecule has 0 radical (unpaired) electrons. The molecule has 2 aromatic carbocycles. The van der Waals surface area contributed by atoms with Crippen LogP contribution >= 0.6 is 0 Å². The summed E-state index contributed by atoms with van der Waals surface area (Å²) in [7, 11) is 0. The molecule has 29 heavy (non-hydrogen) atoms. The second-order valence-electron chi connectivity index (χ2n) is 9.22. The van der Waals surface area contributed by atoms with Gasteiger partial charge in [0.25, 0.3) is 0 Å². The monoisotopic (exact) mass is 501 g/mol. The predicted molar refractivity (Wildman–Crippen MR) is 115 cm³/mol. The van der Waals surface area contributed by atoms with Crippen molar-refractivity contribution in [3.8, 4) is 11.1 Å². The van der Waals surface area contributed by atoms with E-state index in [0.717, 1.165) is 6.42 Å². The summed E-state index contributed by atoms with van der Waals surface area (Å²) < 4.78 is 3.31. The first-order valence-corrected chi connectivity index (χ1v) is 12.4. The maximum absolute atomic E-state index is 2.47. The Kier molecular flexibility index (Phi) is 7.76. The van der Waals surface area contributed by atoms with Crippen molar-refractivity contribution in [1.82, 2.24) is 0 Å². The second kappa shape index (κ2) is 9.17. The molecule has 0 fully saturated rings. The Hall–Kier alpha value is -0.747. The van der Waals surface area contributed by atoms with Gasteiger partial charge in [-0.2, -0.15) is 0 Å². The van der Waals surface area contributed by atoms with Gasteiger partial charge in [0.05, 0.1) is 0 Å². The third-order valence-electron chi connectivity index (χ3n) is 5.93. The first-order chi connectivity index (χ1) is 12.8. The molecule has 2 aliphatic carbocycles. The van der Waals surface area contributed by atoms with Crippen molar-refractivity contribution in [3.63, 3.8) is 0 Å². The molecule has 0 spiro atoms. The van der Waals surface area contributed by atoms with Gasteiger partial charge >= 0.3 is 176 Å². The fraction of sp³-hybridized carbons (Fsp3) is 0.346. The number of benzene rings is 2. The molecular formula is C26H29Cl2Zr. The zero-order valence-corrected chi connectivity index (χ0v) is 22.1. The Labute approximate surface area is 199 Å². The fourth-order valence-electron chi connectivity index (χ4n) is 4.56. The van der Waals surface area contributed by atoms with Crippen LogP contribution in [0.1, 0.15) is 65.0 Å². The van der Waals surface area contributed by atoms with E-state index >= 15 is 0 Å². The molecule has 0 heterocycles. The van der Waals surface area contributed by atoms with Crippen LogP contribution in [0, 0.1) is 5.41 Å².